The normalized spacial score (nSPS) is 11.1. The molecule has 0 heterocycles. The molecule has 4 nitrogen and oxygen atoms in total. The standard InChI is InChI=1S/C13H20N2O2/c1-4-17-11-8-6-5-7-10(11)9-15-12(16)13(2,3)14/h5-8H,4,9,14H2,1-3H3,(H,15,16). The molecule has 0 atom stereocenters. The topological polar surface area (TPSA) is 64.3 Å². The Bertz CT molecular complexity index is 383. The minimum Gasteiger partial charge on any atom is -0.494 e. The van der Waals surface area contributed by atoms with Crippen LogP contribution in [0.25, 0.3) is 0 Å². The van der Waals surface area contributed by atoms with Gasteiger partial charge in [-0.15, -0.1) is 0 Å². The van der Waals surface area contributed by atoms with Crippen molar-refractivity contribution in [3.05, 3.63) is 29.8 Å². The number of hydrogen-bond acceptors (Lipinski definition) is 3. The lowest BCUT2D eigenvalue weighted by atomic mass is 10.1. The minimum absolute atomic E-state index is 0.177. The van der Waals surface area contributed by atoms with E-state index >= 15 is 0 Å². The second-order valence-electron chi connectivity index (χ2n) is 4.45. The van der Waals surface area contributed by atoms with Crippen LogP contribution in [-0.4, -0.2) is 18.1 Å². The molecule has 1 rings (SSSR count). The van der Waals surface area contributed by atoms with Gasteiger partial charge in [-0.25, -0.2) is 0 Å². The van der Waals surface area contributed by atoms with Crippen molar-refractivity contribution in [1.82, 2.24) is 5.32 Å². The maximum atomic E-state index is 11.6. The largest absolute Gasteiger partial charge is 0.494 e. The molecule has 1 amide bonds. The van der Waals surface area contributed by atoms with Crippen molar-refractivity contribution in [3.63, 3.8) is 0 Å². The van der Waals surface area contributed by atoms with E-state index in [-0.39, 0.29) is 5.91 Å². The second-order valence-corrected chi connectivity index (χ2v) is 4.45. The van der Waals surface area contributed by atoms with Crippen LogP contribution in [0.5, 0.6) is 5.75 Å². The molecule has 0 bridgehead atoms. The quantitative estimate of drug-likeness (QED) is 0.813. The van der Waals surface area contributed by atoms with Gasteiger partial charge in [-0.05, 0) is 26.8 Å². The lowest BCUT2D eigenvalue weighted by molar-refractivity contribution is -0.125. The van der Waals surface area contributed by atoms with Crippen molar-refractivity contribution >= 4 is 5.91 Å². The van der Waals surface area contributed by atoms with Crippen molar-refractivity contribution < 1.29 is 9.53 Å². The van der Waals surface area contributed by atoms with Gasteiger partial charge in [0.1, 0.15) is 5.75 Å². The minimum atomic E-state index is -0.861. The fourth-order valence-electron chi connectivity index (χ4n) is 1.35. The van der Waals surface area contributed by atoms with Gasteiger partial charge in [0, 0.05) is 12.1 Å². The first-order valence-corrected chi connectivity index (χ1v) is 5.73. The van der Waals surface area contributed by atoms with Gasteiger partial charge in [-0.1, -0.05) is 18.2 Å². The molecule has 1 aromatic rings. The third-order valence-corrected chi connectivity index (χ3v) is 2.30. The van der Waals surface area contributed by atoms with E-state index in [4.69, 9.17) is 10.5 Å². The first kappa shape index (κ1) is 13.5. The predicted molar refractivity (Wildman–Crippen MR) is 67.7 cm³/mol. The van der Waals surface area contributed by atoms with Gasteiger partial charge < -0.3 is 15.8 Å². The zero-order valence-electron chi connectivity index (χ0n) is 10.6. The number of para-hydroxylation sites is 1. The molecule has 17 heavy (non-hydrogen) atoms. The summed E-state index contributed by atoms with van der Waals surface area (Å²) in [7, 11) is 0. The number of nitrogens with one attached hydrogen (secondary N) is 1. The summed E-state index contributed by atoms with van der Waals surface area (Å²) in [6, 6.07) is 7.63. The fourth-order valence-corrected chi connectivity index (χ4v) is 1.35. The Labute approximate surface area is 102 Å². The Morgan fingerprint density at radius 3 is 2.65 bits per heavy atom. The molecule has 0 aliphatic heterocycles. The highest BCUT2D eigenvalue weighted by Crippen LogP contribution is 2.17. The molecule has 4 heteroatoms. The van der Waals surface area contributed by atoms with Crippen LogP contribution < -0.4 is 15.8 Å². The molecule has 0 aliphatic rings. The summed E-state index contributed by atoms with van der Waals surface area (Å²) in [5, 5.41) is 2.79. The van der Waals surface area contributed by atoms with Crippen molar-refractivity contribution in [1.29, 1.82) is 0 Å². The second kappa shape index (κ2) is 5.68. The molecule has 0 aromatic heterocycles. The van der Waals surface area contributed by atoms with Gasteiger partial charge in [-0.3, -0.25) is 4.79 Å². The Kier molecular flexibility index (Phi) is 4.52. The number of nitrogens with two attached hydrogens (primary N) is 1. The van der Waals surface area contributed by atoms with E-state index in [0.717, 1.165) is 11.3 Å². The highest BCUT2D eigenvalue weighted by molar-refractivity contribution is 5.85. The van der Waals surface area contributed by atoms with Gasteiger partial charge in [0.05, 0.1) is 12.1 Å². The molecule has 0 unspecified atom stereocenters. The summed E-state index contributed by atoms with van der Waals surface area (Å²) in [6.07, 6.45) is 0. The lowest BCUT2D eigenvalue weighted by Crippen LogP contribution is -2.48. The van der Waals surface area contributed by atoms with Gasteiger partial charge >= 0.3 is 0 Å². The number of carbonyl (C=O) groups excluding carboxylic acids is 1. The van der Waals surface area contributed by atoms with Crippen LogP contribution in [0.4, 0.5) is 0 Å². The van der Waals surface area contributed by atoms with Gasteiger partial charge in [-0.2, -0.15) is 0 Å². The van der Waals surface area contributed by atoms with Crippen molar-refractivity contribution in [2.75, 3.05) is 6.61 Å². The van der Waals surface area contributed by atoms with Crippen LogP contribution in [0.3, 0.4) is 0 Å². The average molecular weight is 236 g/mol. The van der Waals surface area contributed by atoms with Crippen LogP contribution in [-0.2, 0) is 11.3 Å². The molecule has 94 valence electrons. The average Bonchev–Trinajstić information content (AvgIpc) is 2.26. The summed E-state index contributed by atoms with van der Waals surface area (Å²) in [5.41, 5.74) is 5.79. The highest BCUT2D eigenvalue weighted by atomic mass is 16.5. The number of ether oxygens (including phenoxy) is 1. The first-order chi connectivity index (χ1) is 7.95. The third-order valence-electron chi connectivity index (χ3n) is 2.30. The summed E-state index contributed by atoms with van der Waals surface area (Å²) in [5.74, 6) is 0.619. The molecule has 1 aromatic carbocycles. The summed E-state index contributed by atoms with van der Waals surface area (Å²) in [4.78, 5) is 11.6. The lowest BCUT2D eigenvalue weighted by Gasteiger charge is -2.18. The zero-order valence-corrected chi connectivity index (χ0v) is 10.6. The first-order valence-electron chi connectivity index (χ1n) is 5.73. The van der Waals surface area contributed by atoms with Gasteiger partial charge in [0.25, 0.3) is 0 Å². The van der Waals surface area contributed by atoms with Gasteiger partial charge in [0.2, 0.25) is 5.91 Å². The van der Waals surface area contributed by atoms with E-state index in [1.54, 1.807) is 13.8 Å². The van der Waals surface area contributed by atoms with E-state index in [2.05, 4.69) is 5.32 Å². The molecule has 0 saturated heterocycles. The number of carbonyl (C=O) groups is 1. The summed E-state index contributed by atoms with van der Waals surface area (Å²) < 4.78 is 5.47. The molecule has 0 aliphatic carbocycles. The predicted octanol–water partition coefficient (Wildman–Crippen LogP) is 1.44. The van der Waals surface area contributed by atoms with Crippen LogP contribution >= 0.6 is 0 Å². The smallest absolute Gasteiger partial charge is 0.239 e. The van der Waals surface area contributed by atoms with Crippen LogP contribution in [0.1, 0.15) is 26.3 Å². The van der Waals surface area contributed by atoms with Crippen molar-refractivity contribution in [3.8, 4) is 5.75 Å². The Morgan fingerprint density at radius 1 is 1.41 bits per heavy atom. The molecular formula is C13H20N2O2. The van der Waals surface area contributed by atoms with Gasteiger partial charge in [0.15, 0.2) is 0 Å². The van der Waals surface area contributed by atoms with E-state index < -0.39 is 5.54 Å². The Morgan fingerprint density at radius 2 is 2.06 bits per heavy atom. The monoisotopic (exact) mass is 236 g/mol. The molecule has 0 spiro atoms. The molecule has 3 N–H and O–H groups in total. The molecular weight excluding hydrogens is 216 g/mol. The maximum absolute atomic E-state index is 11.6. The van der Waals surface area contributed by atoms with Crippen molar-refractivity contribution in [2.45, 2.75) is 32.9 Å². The number of rotatable bonds is 5. The van der Waals surface area contributed by atoms with Crippen LogP contribution in [0.2, 0.25) is 0 Å². The van der Waals surface area contributed by atoms with Crippen LogP contribution in [0, 0.1) is 0 Å². The molecule has 0 saturated carbocycles. The Hall–Kier alpha value is -1.55. The molecule has 0 radical (unpaired) electrons. The summed E-state index contributed by atoms with van der Waals surface area (Å²) in [6.45, 7) is 6.31. The number of hydrogen-bond donors (Lipinski definition) is 2. The van der Waals surface area contributed by atoms with E-state index in [1.165, 1.54) is 0 Å². The van der Waals surface area contributed by atoms with Crippen molar-refractivity contribution in [2.24, 2.45) is 5.73 Å². The van der Waals surface area contributed by atoms with Crippen LogP contribution in [0.15, 0.2) is 24.3 Å². The fraction of sp³-hybridized carbons (Fsp3) is 0.462. The van der Waals surface area contributed by atoms with E-state index in [9.17, 15) is 4.79 Å². The SMILES string of the molecule is CCOc1ccccc1CNC(=O)C(C)(C)N. The van der Waals surface area contributed by atoms with E-state index in [1.807, 2.05) is 31.2 Å². The molecule has 0 fully saturated rings. The maximum Gasteiger partial charge on any atom is 0.239 e. The number of amides is 1. The third kappa shape index (κ3) is 4.07. The number of benzene rings is 1. The van der Waals surface area contributed by atoms with E-state index in [0.29, 0.717) is 13.2 Å². The zero-order chi connectivity index (χ0) is 12.9. The summed E-state index contributed by atoms with van der Waals surface area (Å²) >= 11 is 0. The highest BCUT2D eigenvalue weighted by Gasteiger charge is 2.21. The Balaban J connectivity index is 2.66.